The average Bonchev–Trinajstić information content (AvgIpc) is 2.37. The molecule has 10 heteroatoms. The molecule has 1 aromatic rings. The third-order valence-corrected chi connectivity index (χ3v) is 6.57. The minimum atomic E-state index is -5.18. The molecular formula is C13H15F4N3O2S. The van der Waals surface area contributed by atoms with E-state index in [1.54, 1.807) is 0 Å². The number of amidine groups is 1. The van der Waals surface area contributed by atoms with Crippen LogP contribution < -0.4 is 11.5 Å². The van der Waals surface area contributed by atoms with Crippen LogP contribution in [0.4, 0.5) is 23.2 Å². The maximum absolute atomic E-state index is 14.0. The Morgan fingerprint density at radius 3 is 2.26 bits per heavy atom. The van der Waals surface area contributed by atoms with Crippen molar-refractivity contribution < 1.29 is 26.0 Å². The van der Waals surface area contributed by atoms with E-state index in [-0.39, 0.29) is 5.69 Å². The molecular weight excluding hydrogens is 338 g/mol. The molecule has 0 unspecified atom stereocenters. The number of benzene rings is 1. The summed E-state index contributed by atoms with van der Waals surface area (Å²) in [6, 6.07) is 2.53. The van der Waals surface area contributed by atoms with Crippen LogP contribution in [-0.4, -0.2) is 30.9 Å². The summed E-state index contributed by atoms with van der Waals surface area (Å²) < 4.78 is 78.1. The fourth-order valence-electron chi connectivity index (χ4n) is 2.28. The number of rotatable bonds is 1. The number of halogens is 4. The van der Waals surface area contributed by atoms with Crippen LogP contribution in [0.25, 0.3) is 0 Å². The van der Waals surface area contributed by atoms with Crippen LogP contribution in [0.1, 0.15) is 19.4 Å². The third-order valence-electron chi connectivity index (χ3n) is 4.01. The maximum Gasteiger partial charge on any atom is 0.418 e. The predicted molar refractivity (Wildman–Crippen MR) is 78.0 cm³/mol. The van der Waals surface area contributed by atoms with Crippen LogP contribution in [0.5, 0.6) is 0 Å². The summed E-state index contributed by atoms with van der Waals surface area (Å²) in [4.78, 5) is 3.40. The lowest BCUT2D eigenvalue weighted by atomic mass is 9.90. The number of hydrogen-bond acceptors (Lipinski definition) is 5. The molecule has 1 aliphatic rings. The zero-order valence-corrected chi connectivity index (χ0v) is 13.1. The van der Waals surface area contributed by atoms with Crippen molar-refractivity contribution in [3.05, 3.63) is 29.6 Å². The summed E-state index contributed by atoms with van der Waals surface area (Å²) in [6.45, 7) is 2.30. The molecule has 1 heterocycles. The van der Waals surface area contributed by atoms with Crippen molar-refractivity contribution in [1.29, 1.82) is 0 Å². The normalized spacial score (nSPS) is 26.6. The van der Waals surface area contributed by atoms with Gasteiger partial charge in [0.1, 0.15) is 16.4 Å². The van der Waals surface area contributed by atoms with E-state index in [2.05, 4.69) is 4.99 Å². The minimum absolute atomic E-state index is 0.152. The number of nitrogens with zero attached hydrogens (tertiary/aromatic N) is 1. The molecule has 0 saturated heterocycles. The molecule has 1 atom stereocenters. The van der Waals surface area contributed by atoms with E-state index in [9.17, 15) is 26.0 Å². The van der Waals surface area contributed by atoms with Gasteiger partial charge in [-0.05, 0) is 32.0 Å². The van der Waals surface area contributed by atoms with Gasteiger partial charge in [-0.1, -0.05) is 0 Å². The largest absolute Gasteiger partial charge is 0.418 e. The smallest absolute Gasteiger partial charge is 0.399 e. The molecule has 0 saturated carbocycles. The van der Waals surface area contributed by atoms with Crippen molar-refractivity contribution in [2.75, 3.05) is 11.5 Å². The highest BCUT2D eigenvalue weighted by Gasteiger charge is 2.64. The summed E-state index contributed by atoms with van der Waals surface area (Å²) in [7, 11) is -4.36. The minimum Gasteiger partial charge on any atom is -0.399 e. The van der Waals surface area contributed by atoms with Gasteiger partial charge >= 0.3 is 6.18 Å². The van der Waals surface area contributed by atoms with E-state index < -0.39 is 49.3 Å². The predicted octanol–water partition coefficient (Wildman–Crippen LogP) is 1.73. The van der Waals surface area contributed by atoms with Crippen LogP contribution in [0.3, 0.4) is 0 Å². The van der Waals surface area contributed by atoms with E-state index in [1.165, 1.54) is 0 Å². The van der Waals surface area contributed by atoms with E-state index in [0.717, 1.165) is 32.0 Å². The van der Waals surface area contributed by atoms with Crippen molar-refractivity contribution in [3.63, 3.8) is 0 Å². The highest BCUT2D eigenvalue weighted by molar-refractivity contribution is 7.93. The molecule has 0 fully saturated rings. The molecule has 0 amide bonds. The third kappa shape index (κ3) is 2.44. The lowest BCUT2D eigenvalue weighted by Gasteiger charge is -2.40. The van der Waals surface area contributed by atoms with Crippen LogP contribution in [0.2, 0.25) is 0 Å². The molecule has 0 radical (unpaired) electrons. The number of sulfone groups is 1. The number of nitrogens with two attached hydrogens (primary N) is 2. The molecule has 2 rings (SSSR count). The molecule has 0 aromatic heterocycles. The Bertz CT molecular complexity index is 787. The molecule has 4 N–H and O–H groups in total. The first-order valence-electron chi connectivity index (χ1n) is 6.45. The number of aliphatic imine (C=N–C) groups is 1. The van der Waals surface area contributed by atoms with Crippen molar-refractivity contribution in [1.82, 2.24) is 0 Å². The van der Waals surface area contributed by atoms with Gasteiger partial charge in [-0.3, -0.25) is 0 Å². The summed E-state index contributed by atoms with van der Waals surface area (Å²) in [6.07, 6.45) is -5.18. The fraction of sp³-hybridized carbons (Fsp3) is 0.462. The summed E-state index contributed by atoms with van der Waals surface area (Å²) in [5, 5.41) is 0. The van der Waals surface area contributed by atoms with Crippen molar-refractivity contribution in [2.24, 2.45) is 10.7 Å². The highest BCUT2D eigenvalue weighted by Crippen LogP contribution is 2.48. The Labute approximate surface area is 130 Å². The summed E-state index contributed by atoms with van der Waals surface area (Å²) >= 11 is 0. The molecule has 1 aliphatic heterocycles. The van der Waals surface area contributed by atoms with Gasteiger partial charge in [-0.2, -0.15) is 13.2 Å². The van der Waals surface area contributed by atoms with Crippen LogP contribution in [-0.2, 0) is 15.4 Å². The molecule has 23 heavy (non-hydrogen) atoms. The van der Waals surface area contributed by atoms with Crippen molar-refractivity contribution in [3.8, 4) is 0 Å². The van der Waals surface area contributed by atoms with Gasteiger partial charge in [0.05, 0.1) is 5.75 Å². The second kappa shape index (κ2) is 4.83. The van der Waals surface area contributed by atoms with Gasteiger partial charge in [0, 0.05) is 11.3 Å². The Kier molecular flexibility index (Phi) is 3.67. The topological polar surface area (TPSA) is 98.5 Å². The molecule has 0 aliphatic carbocycles. The van der Waals surface area contributed by atoms with Gasteiger partial charge in [-0.15, -0.1) is 0 Å². The molecule has 128 valence electrons. The van der Waals surface area contributed by atoms with Gasteiger partial charge in [0.15, 0.2) is 15.4 Å². The Hall–Kier alpha value is -1.84. The zero-order chi connectivity index (χ0) is 17.8. The van der Waals surface area contributed by atoms with Crippen molar-refractivity contribution in [2.45, 2.75) is 30.3 Å². The van der Waals surface area contributed by atoms with E-state index in [1.807, 2.05) is 0 Å². The summed E-state index contributed by atoms with van der Waals surface area (Å²) in [5.41, 5.74) is 6.49. The lowest BCUT2D eigenvalue weighted by molar-refractivity contribution is -0.183. The average molecular weight is 353 g/mol. The molecule has 0 bridgehead atoms. The first-order chi connectivity index (χ1) is 10.2. The maximum atomic E-state index is 14.0. The van der Waals surface area contributed by atoms with Crippen LogP contribution in [0.15, 0.2) is 23.2 Å². The van der Waals surface area contributed by atoms with E-state index in [0.29, 0.717) is 0 Å². The standard InChI is InChI=1S/C13H15F4N3O2S/c1-11(2)10(19)20-12(13(15,16)17,6-23(11,21)22)8-5-7(18)3-4-9(8)14/h3-5H,6,18H2,1-2H3,(H2,19,20)/t12-/m1/s1. The van der Waals surface area contributed by atoms with Crippen LogP contribution in [0, 0.1) is 5.82 Å². The van der Waals surface area contributed by atoms with Crippen LogP contribution >= 0.6 is 0 Å². The monoisotopic (exact) mass is 353 g/mol. The quantitative estimate of drug-likeness (QED) is 0.593. The van der Waals surface area contributed by atoms with Gasteiger partial charge in [0.25, 0.3) is 0 Å². The molecule has 1 aromatic carbocycles. The number of alkyl halides is 3. The number of anilines is 1. The fourth-order valence-corrected chi connectivity index (χ4v) is 3.94. The summed E-state index contributed by atoms with van der Waals surface area (Å²) in [5.74, 6) is -3.44. The Balaban J connectivity index is 2.90. The number of hydrogen-bond donors (Lipinski definition) is 2. The highest BCUT2D eigenvalue weighted by atomic mass is 32.2. The second-order valence-electron chi connectivity index (χ2n) is 5.86. The molecule has 0 spiro atoms. The van der Waals surface area contributed by atoms with Gasteiger partial charge in [0.2, 0.25) is 0 Å². The SMILES string of the molecule is CC1(C)C(N)=N[C@](c2cc(N)ccc2F)(C(F)(F)F)CS1(=O)=O. The second-order valence-corrected chi connectivity index (χ2v) is 8.40. The Morgan fingerprint density at radius 1 is 1.22 bits per heavy atom. The van der Waals surface area contributed by atoms with Crippen molar-refractivity contribution >= 4 is 21.4 Å². The first kappa shape index (κ1) is 17.5. The molecule has 5 nitrogen and oxygen atoms in total. The lowest BCUT2D eigenvalue weighted by Crippen LogP contribution is -2.60. The zero-order valence-electron chi connectivity index (χ0n) is 12.3. The van der Waals surface area contributed by atoms with E-state index >= 15 is 0 Å². The first-order valence-corrected chi connectivity index (χ1v) is 8.10. The Morgan fingerprint density at radius 2 is 1.78 bits per heavy atom. The van der Waals surface area contributed by atoms with Gasteiger partial charge in [-0.25, -0.2) is 17.8 Å². The van der Waals surface area contributed by atoms with E-state index in [4.69, 9.17) is 11.5 Å². The number of nitrogen functional groups attached to an aromatic ring is 1. The van der Waals surface area contributed by atoms with Gasteiger partial charge < -0.3 is 11.5 Å².